The minimum absolute atomic E-state index is 0.00192. The van der Waals surface area contributed by atoms with Gasteiger partial charge in [0.05, 0.1) is 0 Å². The van der Waals surface area contributed by atoms with Crippen LogP contribution in [-0.4, -0.2) is 36.2 Å². The summed E-state index contributed by atoms with van der Waals surface area (Å²) in [6.07, 6.45) is -0.497. The fourth-order valence-electron chi connectivity index (χ4n) is 2.56. The van der Waals surface area contributed by atoms with Crippen LogP contribution in [0.15, 0.2) is 53.4 Å². The van der Waals surface area contributed by atoms with E-state index in [-0.39, 0.29) is 11.4 Å². The number of carbonyl (C=O) groups is 2. The Balaban J connectivity index is 1.92. The highest BCUT2D eigenvalue weighted by molar-refractivity contribution is 7.97. The molecule has 0 aromatic heterocycles. The van der Waals surface area contributed by atoms with Crippen molar-refractivity contribution >= 4 is 23.9 Å². The molecule has 0 radical (unpaired) electrons. The molecule has 168 valence electrons. The predicted octanol–water partition coefficient (Wildman–Crippen LogP) is 5.00. The van der Waals surface area contributed by atoms with E-state index in [1.807, 2.05) is 36.4 Å². The molecule has 7 heteroatoms. The van der Waals surface area contributed by atoms with Gasteiger partial charge in [-0.25, -0.2) is 4.79 Å². The number of rotatable bonds is 7. The van der Waals surface area contributed by atoms with E-state index in [1.54, 1.807) is 32.7 Å². The van der Waals surface area contributed by atoms with Gasteiger partial charge in [-0.1, -0.05) is 30.3 Å². The maximum Gasteiger partial charge on any atom is 0.407 e. The third-order valence-electron chi connectivity index (χ3n) is 3.89. The Hall–Kier alpha value is -2.51. The summed E-state index contributed by atoms with van der Waals surface area (Å²) in [6, 6.07) is 15.7. The molecule has 31 heavy (non-hydrogen) atoms. The average Bonchev–Trinajstić information content (AvgIpc) is 2.68. The Bertz CT molecular complexity index is 884. The number of alkyl carbamates (subject to hydrolysis) is 1. The molecule has 6 nitrogen and oxygen atoms in total. The smallest absolute Gasteiger partial charge is 0.407 e. The lowest BCUT2D eigenvalue weighted by atomic mass is 10.0. The monoisotopic (exact) mass is 443 g/mol. The van der Waals surface area contributed by atoms with E-state index in [1.165, 1.54) is 0 Å². The molecule has 0 bridgehead atoms. The van der Waals surface area contributed by atoms with Gasteiger partial charge in [-0.3, -0.25) is 9.52 Å². The summed E-state index contributed by atoms with van der Waals surface area (Å²) >= 11 is 1.60. The highest BCUT2D eigenvalue weighted by Gasteiger charge is 2.16. The van der Waals surface area contributed by atoms with Crippen molar-refractivity contribution in [3.8, 4) is 11.1 Å². The standard InChI is InChI=1S/C24H33N3O3S/c1-23(2,3)27-31-20-10-8-7-9-19(20)17-11-13-18(14-12-17)21(28)25-15-16-26-22(29)30-24(4,5)6/h7-14,27H,15-16H2,1-6H3,(H,25,28)(H,26,29). The van der Waals surface area contributed by atoms with Crippen LogP contribution in [0.1, 0.15) is 51.9 Å². The molecular formula is C24H33N3O3S. The van der Waals surface area contributed by atoms with Gasteiger partial charge >= 0.3 is 6.09 Å². The zero-order chi connectivity index (χ0) is 23.1. The van der Waals surface area contributed by atoms with Gasteiger partial charge in [-0.15, -0.1) is 0 Å². The Labute approximate surface area is 189 Å². The summed E-state index contributed by atoms with van der Waals surface area (Å²) in [4.78, 5) is 25.1. The SMILES string of the molecule is CC(C)(C)NSc1ccccc1-c1ccc(C(=O)NCCNC(=O)OC(C)(C)C)cc1. The van der Waals surface area contributed by atoms with Crippen LogP contribution in [0.5, 0.6) is 0 Å². The normalized spacial score (nSPS) is 11.7. The zero-order valence-corrected chi connectivity index (χ0v) is 20.0. The quantitative estimate of drug-likeness (QED) is 0.414. The van der Waals surface area contributed by atoms with Gasteiger partial charge in [0.25, 0.3) is 5.91 Å². The third-order valence-corrected chi connectivity index (χ3v) is 5.18. The van der Waals surface area contributed by atoms with Gasteiger partial charge in [-0.2, -0.15) is 0 Å². The van der Waals surface area contributed by atoms with Crippen molar-refractivity contribution in [1.82, 2.24) is 15.4 Å². The number of hydrogen-bond acceptors (Lipinski definition) is 5. The lowest BCUT2D eigenvalue weighted by molar-refractivity contribution is 0.0526. The average molecular weight is 444 g/mol. The summed E-state index contributed by atoms with van der Waals surface area (Å²) < 4.78 is 8.60. The Morgan fingerprint density at radius 2 is 1.48 bits per heavy atom. The molecule has 2 amide bonds. The van der Waals surface area contributed by atoms with E-state index in [2.05, 4.69) is 48.3 Å². The fraction of sp³-hybridized carbons (Fsp3) is 0.417. The van der Waals surface area contributed by atoms with Gasteiger partial charge in [0.15, 0.2) is 0 Å². The number of carbonyl (C=O) groups excluding carboxylic acids is 2. The highest BCUT2D eigenvalue weighted by Crippen LogP contribution is 2.31. The van der Waals surface area contributed by atoms with E-state index >= 15 is 0 Å². The van der Waals surface area contributed by atoms with Gasteiger partial charge in [-0.05, 0) is 82.8 Å². The summed E-state index contributed by atoms with van der Waals surface area (Å²) in [5.74, 6) is -0.186. The molecule has 2 aromatic rings. The predicted molar refractivity (Wildman–Crippen MR) is 127 cm³/mol. The van der Waals surface area contributed by atoms with Gasteiger partial charge < -0.3 is 15.4 Å². The number of amides is 2. The molecule has 0 heterocycles. The molecule has 0 spiro atoms. The number of nitrogens with one attached hydrogen (secondary N) is 3. The number of hydrogen-bond donors (Lipinski definition) is 3. The number of ether oxygens (including phenoxy) is 1. The van der Waals surface area contributed by atoms with E-state index < -0.39 is 11.7 Å². The Morgan fingerprint density at radius 1 is 0.871 bits per heavy atom. The van der Waals surface area contributed by atoms with Crippen molar-refractivity contribution in [2.75, 3.05) is 13.1 Å². The maximum absolute atomic E-state index is 12.4. The summed E-state index contributed by atoms with van der Waals surface area (Å²) in [5.41, 5.74) is 2.17. The van der Waals surface area contributed by atoms with Gasteiger partial charge in [0.1, 0.15) is 5.60 Å². The Morgan fingerprint density at radius 3 is 2.10 bits per heavy atom. The highest BCUT2D eigenvalue weighted by atomic mass is 32.2. The molecule has 0 saturated carbocycles. The third kappa shape index (κ3) is 9.02. The molecule has 0 aliphatic heterocycles. The van der Waals surface area contributed by atoms with Crippen LogP contribution in [0.25, 0.3) is 11.1 Å². The molecule has 3 N–H and O–H groups in total. The topological polar surface area (TPSA) is 79.5 Å². The van der Waals surface area contributed by atoms with Crippen LogP contribution in [-0.2, 0) is 4.74 Å². The van der Waals surface area contributed by atoms with E-state index in [4.69, 9.17) is 4.74 Å². The Kier molecular flexibility index (Phi) is 8.53. The van der Waals surface area contributed by atoms with Crippen LogP contribution < -0.4 is 15.4 Å². The molecule has 2 aromatic carbocycles. The first-order valence-corrected chi connectivity index (χ1v) is 11.1. The van der Waals surface area contributed by atoms with Crippen molar-refractivity contribution in [3.05, 3.63) is 54.1 Å². The van der Waals surface area contributed by atoms with Crippen LogP contribution in [0.4, 0.5) is 4.79 Å². The van der Waals surface area contributed by atoms with E-state index in [0.717, 1.165) is 16.0 Å². The van der Waals surface area contributed by atoms with Crippen molar-refractivity contribution in [2.45, 2.75) is 57.6 Å². The molecule has 0 aliphatic rings. The van der Waals surface area contributed by atoms with E-state index in [0.29, 0.717) is 18.7 Å². The summed E-state index contributed by atoms with van der Waals surface area (Å²) in [7, 11) is 0. The summed E-state index contributed by atoms with van der Waals surface area (Å²) in [6.45, 7) is 12.4. The van der Waals surface area contributed by atoms with Crippen LogP contribution in [0.2, 0.25) is 0 Å². The summed E-state index contributed by atoms with van der Waals surface area (Å²) in [5, 5.41) is 5.42. The van der Waals surface area contributed by atoms with Crippen molar-refractivity contribution in [1.29, 1.82) is 0 Å². The van der Waals surface area contributed by atoms with E-state index in [9.17, 15) is 9.59 Å². The number of benzene rings is 2. The minimum atomic E-state index is -0.547. The van der Waals surface area contributed by atoms with Crippen molar-refractivity contribution in [2.24, 2.45) is 0 Å². The first-order chi connectivity index (χ1) is 14.4. The second kappa shape index (κ2) is 10.7. The molecule has 2 rings (SSSR count). The zero-order valence-electron chi connectivity index (χ0n) is 19.2. The second-order valence-electron chi connectivity index (χ2n) is 9.21. The fourth-order valence-corrected chi connectivity index (χ4v) is 3.42. The molecular weight excluding hydrogens is 410 g/mol. The van der Waals surface area contributed by atoms with Gasteiger partial charge in [0, 0.05) is 29.1 Å². The van der Waals surface area contributed by atoms with Gasteiger partial charge in [0.2, 0.25) is 0 Å². The first kappa shape index (κ1) is 24.8. The molecule has 0 saturated heterocycles. The minimum Gasteiger partial charge on any atom is -0.444 e. The van der Waals surface area contributed by atoms with Crippen LogP contribution >= 0.6 is 11.9 Å². The molecule has 0 aliphatic carbocycles. The second-order valence-corrected chi connectivity index (χ2v) is 10.1. The van der Waals surface area contributed by atoms with Crippen molar-refractivity contribution in [3.63, 3.8) is 0 Å². The lowest BCUT2D eigenvalue weighted by Crippen LogP contribution is -2.37. The van der Waals surface area contributed by atoms with Crippen LogP contribution in [0, 0.1) is 0 Å². The maximum atomic E-state index is 12.4. The van der Waals surface area contributed by atoms with Crippen LogP contribution in [0.3, 0.4) is 0 Å². The largest absolute Gasteiger partial charge is 0.444 e. The lowest BCUT2D eigenvalue weighted by Gasteiger charge is -2.20. The molecule has 0 unspecified atom stereocenters. The molecule has 0 atom stereocenters. The van der Waals surface area contributed by atoms with Crippen molar-refractivity contribution < 1.29 is 14.3 Å². The molecule has 0 fully saturated rings. The first-order valence-electron chi connectivity index (χ1n) is 10.3.